The van der Waals surface area contributed by atoms with E-state index < -0.39 is 0 Å². The first-order valence-electron chi connectivity index (χ1n) is 4.14. The van der Waals surface area contributed by atoms with E-state index in [1.807, 2.05) is 0 Å². The molecule has 0 rings (SSSR count). The van der Waals surface area contributed by atoms with Crippen LogP contribution in [-0.2, 0) is 0 Å². The van der Waals surface area contributed by atoms with Crippen molar-refractivity contribution in [2.75, 3.05) is 32.8 Å². The second kappa shape index (κ2) is 43.0. The lowest BCUT2D eigenvalue weighted by Crippen LogP contribution is -2.33. The summed E-state index contributed by atoms with van der Waals surface area (Å²) in [5.41, 5.74) is 0. The summed E-state index contributed by atoms with van der Waals surface area (Å²) in [4.78, 5) is 2.06. The van der Waals surface area contributed by atoms with Crippen LogP contribution in [0.1, 0.15) is 73.3 Å². The van der Waals surface area contributed by atoms with Crippen molar-refractivity contribution in [2.45, 2.75) is 73.3 Å². The zero-order chi connectivity index (χ0) is 8.69. The molecule has 0 heterocycles. The van der Waals surface area contributed by atoms with Gasteiger partial charge in [0.2, 0.25) is 0 Å². The van der Waals surface area contributed by atoms with Crippen molar-refractivity contribution >= 4 is 0 Å². The third-order valence-corrected chi connectivity index (χ3v) is 1.46. The highest BCUT2D eigenvalue weighted by Crippen LogP contribution is 1.96. The summed E-state index contributed by atoms with van der Waals surface area (Å²) in [5, 5.41) is 17.3. The molecule has 2 N–H and O–H groups in total. The third-order valence-electron chi connectivity index (χ3n) is 1.46. The summed E-state index contributed by atoms with van der Waals surface area (Å²) in [7, 11) is 0. The molecule has 132 valence electrons. The summed E-state index contributed by atoms with van der Waals surface area (Å²) in [6.07, 6.45) is 0. The Morgan fingerprint density at radius 2 is 0.947 bits per heavy atom. The lowest BCUT2D eigenvalue weighted by molar-refractivity contribution is 0.150. The Labute approximate surface area is 128 Å². The third kappa shape index (κ3) is 46.2. The van der Waals surface area contributed by atoms with E-state index in [1.165, 1.54) is 0 Å². The van der Waals surface area contributed by atoms with Crippen LogP contribution >= 0.6 is 0 Å². The average Bonchev–Trinajstić information content (AvgIpc) is 1.87. The Morgan fingerprint density at radius 1 is 0.684 bits per heavy atom. The monoisotopic (exact) mass is 289 g/mol. The molecule has 0 atom stereocenters. The minimum absolute atomic E-state index is 0. The Balaban J connectivity index is -0.0000000179. The molecule has 0 spiro atoms. The molecule has 0 unspecified atom stereocenters. The summed E-state index contributed by atoms with van der Waals surface area (Å²) >= 11 is 0. The lowest BCUT2D eigenvalue weighted by Gasteiger charge is -2.21. The van der Waals surface area contributed by atoms with Crippen LogP contribution in [0.15, 0.2) is 0 Å². The number of aliphatic hydroxyl groups is 2. The first-order valence-corrected chi connectivity index (χ1v) is 4.14. The smallest absolute Gasteiger partial charge is 0.0558 e. The van der Waals surface area contributed by atoms with Crippen LogP contribution in [0, 0.1) is 5.92 Å². The van der Waals surface area contributed by atoms with Crippen molar-refractivity contribution in [3.63, 3.8) is 0 Å². The van der Waals surface area contributed by atoms with Gasteiger partial charge in [-0.2, -0.15) is 0 Å². The standard InChI is InChI=1S/C8H19NO2.8CH4/c1-8(2)7-9(3-5-10)4-6-11;;;;;;;;/h8,10-11H,3-7H2,1-2H3;8*1H4. The van der Waals surface area contributed by atoms with Crippen LogP contribution in [0.3, 0.4) is 0 Å². The van der Waals surface area contributed by atoms with Crippen LogP contribution in [0.2, 0.25) is 0 Å². The maximum atomic E-state index is 8.65. The van der Waals surface area contributed by atoms with Crippen molar-refractivity contribution in [2.24, 2.45) is 5.92 Å². The van der Waals surface area contributed by atoms with E-state index in [0.29, 0.717) is 19.0 Å². The number of aliphatic hydroxyl groups excluding tert-OH is 2. The van der Waals surface area contributed by atoms with E-state index in [9.17, 15) is 0 Å². The van der Waals surface area contributed by atoms with E-state index in [-0.39, 0.29) is 72.6 Å². The van der Waals surface area contributed by atoms with Gasteiger partial charge >= 0.3 is 0 Å². The van der Waals surface area contributed by atoms with Gasteiger partial charge in [-0.05, 0) is 5.92 Å². The lowest BCUT2D eigenvalue weighted by atomic mass is 10.2. The van der Waals surface area contributed by atoms with Crippen molar-refractivity contribution in [3.05, 3.63) is 0 Å². The molecule has 3 nitrogen and oxygen atoms in total. The van der Waals surface area contributed by atoms with E-state index in [1.54, 1.807) is 0 Å². The summed E-state index contributed by atoms with van der Waals surface area (Å²) in [5.74, 6) is 0.591. The Bertz CT molecular complexity index is 82.8. The molecule has 0 saturated carbocycles. The quantitative estimate of drug-likeness (QED) is 0.721. The highest BCUT2D eigenvalue weighted by atomic mass is 16.3. The van der Waals surface area contributed by atoms with Gasteiger partial charge in [0.15, 0.2) is 0 Å². The van der Waals surface area contributed by atoms with Crippen molar-refractivity contribution in [3.8, 4) is 0 Å². The van der Waals surface area contributed by atoms with Crippen LogP contribution in [0.5, 0.6) is 0 Å². The molecular weight excluding hydrogens is 238 g/mol. The van der Waals surface area contributed by atoms with Gasteiger partial charge in [0.1, 0.15) is 0 Å². The maximum absolute atomic E-state index is 8.65. The van der Waals surface area contributed by atoms with E-state index >= 15 is 0 Å². The molecule has 0 aliphatic rings. The van der Waals surface area contributed by atoms with Crippen LogP contribution in [-0.4, -0.2) is 48.0 Å². The molecule has 0 aliphatic heterocycles. The maximum Gasteiger partial charge on any atom is 0.0558 e. The number of hydrogen-bond acceptors (Lipinski definition) is 3. The fraction of sp³-hybridized carbons (Fsp3) is 1.00. The molecule has 0 fully saturated rings. The van der Waals surface area contributed by atoms with Crippen LogP contribution in [0.4, 0.5) is 0 Å². The molecule has 0 radical (unpaired) electrons. The molecule has 0 aromatic carbocycles. The Hall–Kier alpha value is -0.120. The van der Waals surface area contributed by atoms with Crippen LogP contribution in [0.25, 0.3) is 0 Å². The molecule has 19 heavy (non-hydrogen) atoms. The summed E-state index contributed by atoms with van der Waals surface area (Å²) in [6, 6.07) is 0. The Morgan fingerprint density at radius 3 is 1.11 bits per heavy atom. The fourth-order valence-corrected chi connectivity index (χ4v) is 1.09. The van der Waals surface area contributed by atoms with Gasteiger partial charge in [-0.15, -0.1) is 0 Å². The minimum Gasteiger partial charge on any atom is -0.395 e. The van der Waals surface area contributed by atoms with E-state index in [4.69, 9.17) is 10.2 Å². The largest absolute Gasteiger partial charge is 0.395 e. The average molecular weight is 290 g/mol. The van der Waals surface area contributed by atoms with Crippen molar-refractivity contribution in [1.82, 2.24) is 4.90 Å². The minimum atomic E-state index is 0. The Kier molecular flexibility index (Phi) is 140. The first kappa shape index (κ1) is 61.8. The van der Waals surface area contributed by atoms with Gasteiger partial charge in [-0.25, -0.2) is 0 Å². The molecule has 0 amide bonds. The predicted octanol–water partition coefficient (Wildman–Crippen LogP) is 5.02. The number of rotatable bonds is 6. The van der Waals surface area contributed by atoms with Gasteiger partial charge in [0, 0.05) is 19.6 Å². The predicted molar refractivity (Wildman–Crippen MR) is 99.3 cm³/mol. The van der Waals surface area contributed by atoms with Crippen molar-refractivity contribution in [1.29, 1.82) is 0 Å². The van der Waals surface area contributed by atoms with Crippen molar-refractivity contribution < 1.29 is 10.2 Å². The highest BCUT2D eigenvalue weighted by Gasteiger charge is 2.04. The summed E-state index contributed by atoms with van der Waals surface area (Å²) in [6.45, 7) is 6.88. The van der Waals surface area contributed by atoms with Gasteiger partial charge < -0.3 is 10.2 Å². The van der Waals surface area contributed by atoms with E-state index in [2.05, 4.69) is 18.7 Å². The van der Waals surface area contributed by atoms with Gasteiger partial charge in [-0.1, -0.05) is 73.3 Å². The molecule has 0 aliphatic carbocycles. The second-order valence-electron chi connectivity index (χ2n) is 3.14. The molecule has 0 aromatic heterocycles. The topological polar surface area (TPSA) is 43.7 Å². The van der Waals surface area contributed by atoms with Gasteiger partial charge in [0.25, 0.3) is 0 Å². The van der Waals surface area contributed by atoms with Crippen LogP contribution < -0.4 is 0 Å². The molecule has 3 heteroatoms. The molecule has 0 saturated heterocycles. The van der Waals surface area contributed by atoms with Gasteiger partial charge in [-0.3, -0.25) is 4.90 Å². The fourth-order valence-electron chi connectivity index (χ4n) is 1.09. The zero-order valence-electron chi connectivity index (χ0n) is 7.45. The number of hydrogen-bond donors (Lipinski definition) is 2. The normalized spacial score (nSPS) is 6.63. The molecule has 0 aromatic rings. The van der Waals surface area contributed by atoms with Gasteiger partial charge in [0.05, 0.1) is 13.2 Å². The SMILES string of the molecule is C.C.C.C.C.C.C.C.CC(C)CN(CCO)CCO. The number of nitrogens with zero attached hydrogens (tertiary/aromatic N) is 1. The molecule has 0 bridgehead atoms. The first-order chi connectivity index (χ1) is 5.20. The highest BCUT2D eigenvalue weighted by molar-refractivity contribution is 4.58. The zero-order valence-corrected chi connectivity index (χ0v) is 7.45. The molecular formula is C16H51NO2. The summed E-state index contributed by atoms with van der Waals surface area (Å²) < 4.78 is 0. The second-order valence-corrected chi connectivity index (χ2v) is 3.14. The van der Waals surface area contributed by atoms with E-state index in [0.717, 1.165) is 6.54 Å².